The van der Waals surface area contributed by atoms with Crippen LogP contribution in [0.25, 0.3) is 0 Å². The molecule has 0 radical (unpaired) electrons. The summed E-state index contributed by atoms with van der Waals surface area (Å²) in [6.07, 6.45) is 3.19. The summed E-state index contributed by atoms with van der Waals surface area (Å²) < 4.78 is 12.6. The van der Waals surface area contributed by atoms with Crippen LogP contribution < -0.4 is 4.74 Å². The molecule has 1 aliphatic heterocycles. The molecule has 108 valence electrons. The minimum Gasteiger partial charge on any atom is -0.493 e. The number of aliphatic hydroxyl groups is 1. The van der Waals surface area contributed by atoms with Crippen molar-refractivity contribution in [2.24, 2.45) is 0 Å². The van der Waals surface area contributed by atoms with Crippen molar-refractivity contribution in [3.63, 3.8) is 0 Å². The fraction of sp³-hybridized carbons (Fsp3) is 0.769. The van der Waals surface area contributed by atoms with E-state index in [1.54, 1.807) is 13.3 Å². The molecule has 6 nitrogen and oxygen atoms in total. The molecule has 1 saturated heterocycles. The van der Waals surface area contributed by atoms with Gasteiger partial charge in [0.2, 0.25) is 0 Å². The van der Waals surface area contributed by atoms with E-state index in [1.165, 1.54) is 0 Å². The normalized spacial score (nSPS) is 23.8. The predicted molar refractivity (Wildman–Crippen MR) is 71.3 cm³/mol. The lowest BCUT2D eigenvalue weighted by molar-refractivity contribution is -0.0962. The van der Waals surface area contributed by atoms with Crippen molar-refractivity contribution < 1.29 is 14.6 Å². The molecule has 19 heavy (non-hydrogen) atoms. The highest BCUT2D eigenvalue weighted by Crippen LogP contribution is 2.36. The molecule has 0 amide bonds. The molecule has 0 aromatic carbocycles. The molecule has 1 N–H and O–H groups in total. The second-order valence-corrected chi connectivity index (χ2v) is 5.28. The van der Waals surface area contributed by atoms with Crippen LogP contribution in [0.15, 0.2) is 6.20 Å². The lowest BCUT2D eigenvalue weighted by Gasteiger charge is -2.33. The van der Waals surface area contributed by atoms with Gasteiger partial charge < -0.3 is 19.5 Å². The average molecular weight is 269 g/mol. The lowest BCUT2D eigenvalue weighted by Crippen LogP contribution is -2.39. The highest BCUT2D eigenvalue weighted by molar-refractivity contribution is 5.31. The summed E-state index contributed by atoms with van der Waals surface area (Å²) in [5, 5.41) is 15.1. The van der Waals surface area contributed by atoms with Gasteiger partial charge in [-0.15, -0.1) is 0 Å². The first-order valence-corrected chi connectivity index (χ1v) is 6.62. The van der Waals surface area contributed by atoms with Gasteiger partial charge in [0.05, 0.1) is 26.5 Å². The summed E-state index contributed by atoms with van der Waals surface area (Å²) in [6.45, 7) is 2.58. The summed E-state index contributed by atoms with van der Waals surface area (Å²) >= 11 is 0. The van der Waals surface area contributed by atoms with Gasteiger partial charge in [-0.2, -0.15) is 5.10 Å². The van der Waals surface area contributed by atoms with Crippen LogP contribution in [0.3, 0.4) is 0 Å². The molecule has 1 fully saturated rings. The summed E-state index contributed by atoms with van der Waals surface area (Å²) in [7, 11) is 5.63. The van der Waals surface area contributed by atoms with Crippen LogP contribution in [-0.2, 0) is 16.9 Å². The Bertz CT molecular complexity index is 411. The second kappa shape index (κ2) is 5.90. The fourth-order valence-corrected chi connectivity index (χ4v) is 2.42. The summed E-state index contributed by atoms with van der Waals surface area (Å²) in [5.74, 6) is 0.631. The summed E-state index contributed by atoms with van der Waals surface area (Å²) in [6, 6.07) is 0. The maximum atomic E-state index is 10.8. The Hall–Kier alpha value is -1.11. The number of aromatic nitrogens is 2. The molecule has 0 spiro atoms. The Balaban J connectivity index is 2.27. The summed E-state index contributed by atoms with van der Waals surface area (Å²) in [4.78, 5) is 2.08. The zero-order valence-corrected chi connectivity index (χ0v) is 11.9. The van der Waals surface area contributed by atoms with Gasteiger partial charge in [-0.1, -0.05) is 0 Å². The van der Waals surface area contributed by atoms with Gasteiger partial charge in [0.1, 0.15) is 11.3 Å². The van der Waals surface area contributed by atoms with E-state index in [-0.39, 0.29) is 0 Å². The number of nitrogens with zero attached hydrogens (tertiary/aromatic N) is 3. The maximum absolute atomic E-state index is 10.8. The van der Waals surface area contributed by atoms with E-state index in [1.807, 2.05) is 18.8 Å². The van der Waals surface area contributed by atoms with E-state index in [4.69, 9.17) is 9.47 Å². The van der Waals surface area contributed by atoms with Gasteiger partial charge in [-0.05, 0) is 26.9 Å². The minimum absolute atomic E-state index is 0.303. The van der Waals surface area contributed by atoms with Crippen LogP contribution in [0.2, 0.25) is 0 Å². The molecular weight excluding hydrogens is 246 g/mol. The molecule has 2 rings (SSSR count). The Morgan fingerprint density at radius 3 is 2.95 bits per heavy atom. The van der Waals surface area contributed by atoms with Crippen molar-refractivity contribution in [2.45, 2.75) is 25.0 Å². The first-order chi connectivity index (χ1) is 9.07. The third kappa shape index (κ3) is 3.08. The lowest BCUT2D eigenvalue weighted by atomic mass is 9.92. The quantitative estimate of drug-likeness (QED) is 0.841. The van der Waals surface area contributed by atoms with Crippen LogP contribution in [-0.4, -0.2) is 60.8 Å². The molecule has 1 unspecified atom stereocenters. The van der Waals surface area contributed by atoms with Crippen LogP contribution >= 0.6 is 0 Å². The third-order valence-corrected chi connectivity index (χ3v) is 3.45. The number of hydrogen-bond acceptors (Lipinski definition) is 5. The fourth-order valence-electron chi connectivity index (χ4n) is 2.42. The Labute approximate surface area is 113 Å². The topological polar surface area (TPSA) is 59.8 Å². The monoisotopic (exact) mass is 269 g/mol. The van der Waals surface area contributed by atoms with Gasteiger partial charge in [0.25, 0.3) is 0 Å². The molecule has 0 bridgehead atoms. The van der Waals surface area contributed by atoms with Crippen molar-refractivity contribution in [3.05, 3.63) is 11.9 Å². The van der Waals surface area contributed by atoms with E-state index in [0.717, 1.165) is 18.7 Å². The van der Waals surface area contributed by atoms with Crippen molar-refractivity contribution in [2.75, 3.05) is 41.0 Å². The smallest absolute Gasteiger partial charge is 0.163 e. The SMILES string of the molecule is COc1cnn(CCN(C)C)c1C1(O)CCCOC1. The van der Waals surface area contributed by atoms with Gasteiger partial charge >= 0.3 is 0 Å². The van der Waals surface area contributed by atoms with E-state index >= 15 is 0 Å². The van der Waals surface area contributed by atoms with Crippen molar-refractivity contribution in [1.82, 2.24) is 14.7 Å². The highest BCUT2D eigenvalue weighted by atomic mass is 16.5. The van der Waals surface area contributed by atoms with E-state index in [2.05, 4.69) is 10.00 Å². The van der Waals surface area contributed by atoms with Crippen molar-refractivity contribution in [3.8, 4) is 5.75 Å². The molecular formula is C13H23N3O3. The molecule has 0 aliphatic carbocycles. The highest BCUT2D eigenvalue weighted by Gasteiger charge is 2.38. The summed E-state index contributed by atoms with van der Waals surface area (Å²) in [5.41, 5.74) is -0.261. The number of methoxy groups -OCH3 is 1. The molecule has 2 heterocycles. The van der Waals surface area contributed by atoms with Gasteiger partial charge in [-0.3, -0.25) is 4.68 Å². The molecule has 0 saturated carbocycles. The molecule has 1 aromatic rings. The van der Waals surface area contributed by atoms with Crippen LogP contribution in [0.5, 0.6) is 5.75 Å². The maximum Gasteiger partial charge on any atom is 0.163 e. The van der Waals surface area contributed by atoms with Crippen molar-refractivity contribution in [1.29, 1.82) is 0 Å². The zero-order valence-electron chi connectivity index (χ0n) is 11.9. The standard InChI is InChI=1S/C13H23N3O3/c1-15(2)6-7-16-12(11(18-3)9-14-16)13(17)5-4-8-19-10-13/h9,17H,4-8,10H2,1-3H3. The third-order valence-electron chi connectivity index (χ3n) is 3.45. The van der Waals surface area contributed by atoms with E-state index in [9.17, 15) is 5.11 Å². The van der Waals surface area contributed by atoms with Crippen LogP contribution in [0.4, 0.5) is 0 Å². The van der Waals surface area contributed by atoms with Gasteiger partial charge in [0, 0.05) is 13.2 Å². The number of ether oxygens (including phenoxy) is 2. The van der Waals surface area contributed by atoms with Crippen molar-refractivity contribution >= 4 is 0 Å². The largest absolute Gasteiger partial charge is 0.493 e. The average Bonchev–Trinajstić information content (AvgIpc) is 2.81. The first-order valence-electron chi connectivity index (χ1n) is 6.62. The zero-order chi connectivity index (χ0) is 13.9. The Kier molecular flexibility index (Phi) is 4.44. The predicted octanol–water partition coefficient (Wildman–Crippen LogP) is 0.451. The van der Waals surface area contributed by atoms with Crippen LogP contribution in [0.1, 0.15) is 18.5 Å². The Morgan fingerprint density at radius 1 is 1.58 bits per heavy atom. The molecule has 1 aliphatic rings. The molecule has 6 heteroatoms. The number of likely N-dealkylation sites (N-methyl/N-ethyl adjacent to an activating group) is 1. The number of rotatable bonds is 5. The Morgan fingerprint density at radius 2 is 2.37 bits per heavy atom. The number of hydrogen-bond donors (Lipinski definition) is 1. The van der Waals surface area contributed by atoms with Gasteiger partial charge in [-0.25, -0.2) is 0 Å². The van der Waals surface area contributed by atoms with E-state index < -0.39 is 5.60 Å². The second-order valence-electron chi connectivity index (χ2n) is 5.28. The van der Waals surface area contributed by atoms with Crippen LogP contribution in [0, 0.1) is 0 Å². The molecule has 1 aromatic heterocycles. The minimum atomic E-state index is -0.994. The van der Waals surface area contributed by atoms with Gasteiger partial charge in [0.15, 0.2) is 5.75 Å². The van der Waals surface area contributed by atoms with E-state index in [0.29, 0.717) is 31.9 Å². The molecule has 1 atom stereocenters. The first kappa shape index (κ1) is 14.3.